The van der Waals surface area contributed by atoms with Gasteiger partial charge in [0.05, 0.1) is 17.5 Å². The number of carboxylic acid groups (broad SMARTS) is 1. The summed E-state index contributed by atoms with van der Waals surface area (Å²) < 4.78 is 16.8. The number of carboxylic acids is 1. The van der Waals surface area contributed by atoms with Crippen molar-refractivity contribution < 1.29 is 19.1 Å². The molecule has 1 atom stereocenters. The number of carbonyl (C=O) groups is 2. The van der Waals surface area contributed by atoms with Gasteiger partial charge in [-0.15, -0.1) is 0 Å². The second kappa shape index (κ2) is 8.98. The zero-order chi connectivity index (χ0) is 25.7. The van der Waals surface area contributed by atoms with Gasteiger partial charge in [0.15, 0.2) is 5.78 Å². The maximum Gasteiger partial charge on any atom is 0.306 e. The Bertz CT molecular complexity index is 1470. The van der Waals surface area contributed by atoms with Crippen LogP contribution in [-0.2, 0) is 4.79 Å². The Labute approximate surface area is 215 Å². The molecule has 1 spiro atoms. The first-order valence-electron chi connectivity index (χ1n) is 13.0. The first-order valence-corrected chi connectivity index (χ1v) is 13.0. The van der Waals surface area contributed by atoms with E-state index in [0.717, 1.165) is 42.4 Å². The van der Waals surface area contributed by atoms with Gasteiger partial charge in [-0.05, 0) is 78.8 Å². The van der Waals surface area contributed by atoms with Crippen LogP contribution >= 0.6 is 0 Å². The summed E-state index contributed by atoms with van der Waals surface area (Å²) >= 11 is 0. The van der Waals surface area contributed by atoms with Crippen molar-refractivity contribution in [2.45, 2.75) is 45.1 Å². The van der Waals surface area contributed by atoms with E-state index in [1.165, 1.54) is 6.07 Å². The Kier molecular flexibility index (Phi) is 5.74. The van der Waals surface area contributed by atoms with E-state index in [-0.39, 0.29) is 34.9 Å². The Hall–Kier alpha value is -3.73. The number of carbonyl (C=O) groups excluding carboxylic acids is 1. The van der Waals surface area contributed by atoms with Crippen LogP contribution in [-0.4, -0.2) is 21.4 Å². The molecule has 2 aliphatic carbocycles. The summed E-state index contributed by atoms with van der Waals surface area (Å²) in [5, 5.41) is 9.64. The fraction of sp³-hybridized carbons (Fsp3) is 0.312. The van der Waals surface area contributed by atoms with Gasteiger partial charge in [0.1, 0.15) is 5.82 Å². The lowest BCUT2D eigenvalue weighted by Crippen LogP contribution is -2.50. The summed E-state index contributed by atoms with van der Waals surface area (Å²) in [6, 6.07) is 23.3. The Morgan fingerprint density at radius 1 is 0.946 bits per heavy atom. The van der Waals surface area contributed by atoms with E-state index in [1.54, 1.807) is 12.1 Å². The van der Waals surface area contributed by atoms with Crippen LogP contribution < -0.4 is 0 Å². The number of hydrogen-bond acceptors (Lipinski definition) is 2. The number of benzene rings is 3. The number of aliphatic carboxylic acids is 1. The van der Waals surface area contributed by atoms with Crippen LogP contribution in [0.1, 0.15) is 61.0 Å². The Morgan fingerprint density at radius 3 is 2.30 bits per heavy atom. The molecule has 188 valence electrons. The summed E-state index contributed by atoms with van der Waals surface area (Å²) in [5.41, 5.74) is 4.71. The van der Waals surface area contributed by atoms with E-state index in [2.05, 4.69) is 43.3 Å². The molecule has 5 heteroatoms. The van der Waals surface area contributed by atoms with Gasteiger partial charge < -0.3 is 9.67 Å². The number of rotatable bonds is 7. The van der Waals surface area contributed by atoms with Gasteiger partial charge in [-0.2, -0.15) is 0 Å². The predicted molar refractivity (Wildman–Crippen MR) is 142 cm³/mol. The Morgan fingerprint density at radius 2 is 1.62 bits per heavy atom. The van der Waals surface area contributed by atoms with E-state index >= 15 is 0 Å². The minimum atomic E-state index is -0.705. The van der Waals surface area contributed by atoms with Crippen LogP contribution in [0.15, 0.2) is 79.0 Å². The zero-order valence-corrected chi connectivity index (χ0v) is 20.9. The lowest BCUT2D eigenvalue weighted by atomic mass is 9.47. The maximum atomic E-state index is 14.8. The van der Waals surface area contributed by atoms with Crippen molar-refractivity contribution in [3.63, 3.8) is 0 Å². The summed E-state index contributed by atoms with van der Waals surface area (Å²) in [5.74, 6) is -0.948. The number of nitrogens with zero attached hydrogens (tertiary/aromatic N) is 1. The first kappa shape index (κ1) is 23.7. The van der Waals surface area contributed by atoms with Crippen LogP contribution in [0.2, 0.25) is 0 Å². The lowest BCUT2D eigenvalue weighted by molar-refractivity contribution is -0.157. The van der Waals surface area contributed by atoms with Gasteiger partial charge in [0.2, 0.25) is 0 Å². The molecule has 37 heavy (non-hydrogen) atoms. The number of fused-ring (bicyclic) bond motifs is 1. The zero-order valence-electron chi connectivity index (χ0n) is 20.9. The fourth-order valence-electron chi connectivity index (χ4n) is 6.72. The van der Waals surface area contributed by atoms with E-state index < -0.39 is 5.97 Å². The molecule has 0 saturated heterocycles. The SMILES string of the molecule is CC(c1ccc(-c2ccccc2)cc1)n1ccc2c(F)ccc(C(=O)CC3CC4(C3)CC(C(=O)O)C4)c21. The summed E-state index contributed by atoms with van der Waals surface area (Å²) in [6.45, 7) is 2.07. The van der Waals surface area contributed by atoms with E-state index in [4.69, 9.17) is 0 Å². The first-order chi connectivity index (χ1) is 17.8. The van der Waals surface area contributed by atoms with Gasteiger partial charge in [-0.1, -0.05) is 54.6 Å². The highest BCUT2D eigenvalue weighted by molar-refractivity contribution is 6.07. The van der Waals surface area contributed by atoms with Crippen molar-refractivity contribution in [1.29, 1.82) is 0 Å². The molecule has 0 bridgehead atoms. The molecule has 2 saturated carbocycles. The van der Waals surface area contributed by atoms with Gasteiger partial charge in [0, 0.05) is 23.6 Å². The highest BCUT2D eigenvalue weighted by Gasteiger charge is 2.54. The predicted octanol–water partition coefficient (Wildman–Crippen LogP) is 7.52. The molecule has 4 nitrogen and oxygen atoms in total. The van der Waals surface area contributed by atoms with E-state index in [9.17, 15) is 19.1 Å². The van der Waals surface area contributed by atoms with Crippen LogP contribution in [0.4, 0.5) is 4.39 Å². The lowest BCUT2D eigenvalue weighted by Gasteiger charge is -2.56. The van der Waals surface area contributed by atoms with Crippen LogP contribution in [0.5, 0.6) is 0 Å². The quantitative estimate of drug-likeness (QED) is 0.270. The average molecular weight is 496 g/mol. The molecule has 1 unspecified atom stereocenters. The third kappa shape index (κ3) is 4.16. The summed E-state index contributed by atoms with van der Waals surface area (Å²) in [6.07, 6.45) is 5.59. The van der Waals surface area contributed by atoms with Crippen molar-refractivity contribution in [2.75, 3.05) is 0 Å². The van der Waals surface area contributed by atoms with Crippen LogP contribution in [0.25, 0.3) is 22.0 Å². The second-order valence-corrected chi connectivity index (χ2v) is 11.1. The van der Waals surface area contributed by atoms with Gasteiger partial charge >= 0.3 is 5.97 Å². The van der Waals surface area contributed by atoms with Crippen molar-refractivity contribution in [2.24, 2.45) is 17.3 Å². The number of hydrogen-bond donors (Lipinski definition) is 1. The molecule has 3 aromatic carbocycles. The molecular weight excluding hydrogens is 465 g/mol. The normalized spacial score (nSPS) is 23.4. The number of Topliss-reactive ketones (excluding diaryl/α,β-unsaturated/α-hetero) is 1. The molecule has 0 aliphatic heterocycles. The fourth-order valence-corrected chi connectivity index (χ4v) is 6.72. The van der Waals surface area contributed by atoms with E-state index in [1.807, 2.05) is 29.0 Å². The minimum absolute atomic E-state index is 0.0329. The topological polar surface area (TPSA) is 59.3 Å². The molecule has 6 rings (SSSR count). The molecule has 1 aromatic heterocycles. The smallest absolute Gasteiger partial charge is 0.306 e. The molecule has 0 radical (unpaired) electrons. The number of aromatic nitrogens is 1. The molecule has 0 amide bonds. The third-order valence-corrected chi connectivity index (χ3v) is 8.67. The Balaban J connectivity index is 1.23. The largest absolute Gasteiger partial charge is 0.481 e. The van der Waals surface area contributed by atoms with Crippen molar-refractivity contribution in [3.8, 4) is 11.1 Å². The third-order valence-electron chi connectivity index (χ3n) is 8.67. The molecule has 2 aliphatic rings. The molecule has 1 heterocycles. The van der Waals surface area contributed by atoms with Crippen molar-refractivity contribution >= 4 is 22.7 Å². The van der Waals surface area contributed by atoms with E-state index in [0.29, 0.717) is 22.9 Å². The van der Waals surface area contributed by atoms with Gasteiger partial charge in [0.25, 0.3) is 0 Å². The van der Waals surface area contributed by atoms with Gasteiger partial charge in [-0.3, -0.25) is 9.59 Å². The number of halogens is 1. The minimum Gasteiger partial charge on any atom is -0.481 e. The average Bonchev–Trinajstić information content (AvgIpc) is 3.31. The highest BCUT2D eigenvalue weighted by Crippen LogP contribution is 2.62. The number of ketones is 1. The standard InChI is InChI=1S/C32H30FNO3/c1-20(22-7-9-24(10-8-22)23-5-3-2-4-6-23)34-14-13-26-28(33)12-11-27(30(26)34)29(35)15-21-16-32(17-21)18-25(19-32)31(36)37/h2-14,20-21,25H,15-19H2,1H3,(H,36,37). The van der Waals surface area contributed by atoms with Gasteiger partial charge in [-0.25, -0.2) is 4.39 Å². The monoisotopic (exact) mass is 495 g/mol. The van der Waals surface area contributed by atoms with Crippen LogP contribution in [0, 0.1) is 23.1 Å². The highest BCUT2D eigenvalue weighted by atomic mass is 19.1. The molecule has 1 N–H and O–H groups in total. The van der Waals surface area contributed by atoms with Crippen molar-refractivity contribution in [3.05, 3.63) is 95.9 Å². The molecule has 4 aromatic rings. The molecule has 2 fully saturated rings. The summed E-state index contributed by atoms with van der Waals surface area (Å²) in [7, 11) is 0. The van der Waals surface area contributed by atoms with Crippen LogP contribution in [0.3, 0.4) is 0 Å². The second-order valence-electron chi connectivity index (χ2n) is 11.1. The van der Waals surface area contributed by atoms with Crippen molar-refractivity contribution in [1.82, 2.24) is 4.57 Å². The summed E-state index contributed by atoms with van der Waals surface area (Å²) in [4.78, 5) is 24.6. The maximum absolute atomic E-state index is 14.8. The molecular formula is C32H30FNO3.